The molecule has 0 N–H and O–H groups in total. The third-order valence-electron chi connectivity index (χ3n) is 8.84. The van der Waals surface area contributed by atoms with Crippen LogP contribution in [0.4, 0.5) is 0 Å². The maximum atomic E-state index is 12.6. The molecular weight excluding hydrogens is 379 g/mol. The van der Waals surface area contributed by atoms with E-state index in [1.807, 2.05) is 13.0 Å². The lowest BCUT2D eigenvalue weighted by Crippen LogP contribution is -2.65. The quantitative estimate of drug-likeness (QED) is 0.515. The molecule has 5 fully saturated rings. The molecule has 4 aliphatic carbocycles. The first kappa shape index (κ1) is 19.2. The molecule has 7 rings (SSSR count). The summed E-state index contributed by atoms with van der Waals surface area (Å²) in [5, 5.41) is 0. The number of hydrogen-bond acceptors (Lipinski definition) is 5. The molecule has 4 saturated carbocycles. The molecule has 2 aliphatic heterocycles. The summed E-state index contributed by atoms with van der Waals surface area (Å²) in [5.74, 6) is 1.36. The summed E-state index contributed by atoms with van der Waals surface area (Å²) in [4.78, 5) is 12.6. The van der Waals surface area contributed by atoms with Gasteiger partial charge in [-0.25, -0.2) is 4.79 Å². The van der Waals surface area contributed by atoms with Crippen LogP contribution in [0.5, 0.6) is 5.75 Å². The van der Waals surface area contributed by atoms with E-state index in [2.05, 4.69) is 26.8 Å². The number of carbonyl (C=O) groups is 1. The molecule has 6 atom stereocenters. The minimum absolute atomic E-state index is 0.166. The van der Waals surface area contributed by atoms with Gasteiger partial charge in [-0.15, -0.1) is 0 Å². The molecule has 2 unspecified atom stereocenters. The second-order valence-electron chi connectivity index (χ2n) is 11.4. The first-order valence-electron chi connectivity index (χ1n) is 11.4. The van der Waals surface area contributed by atoms with E-state index in [4.69, 9.17) is 18.8 Å². The van der Waals surface area contributed by atoms with Crippen molar-refractivity contribution in [2.45, 2.75) is 90.0 Å². The first-order valence-corrected chi connectivity index (χ1v) is 11.4. The SMILES string of the molecule is Cc1ccc([C@H]2C[C@H]2B2OC3CC4C[C@@H](C4(C)C)[C@]3(C)O2)c2c1C(=O)OC(C)(C)O2. The van der Waals surface area contributed by atoms with E-state index in [1.165, 1.54) is 6.42 Å². The van der Waals surface area contributed by atoms with Crippen molar-refractivity contribution in [3.05, 3.63) is 28.8 Å². The monoisotopic (exact) mass is 410 g/mol. The number of benzene rings is 1. The van der Waals surface area contributed by atoms with Crippen molar-refractivity contribution in [3.63, 3.8) is 0 Å². The van der Waals surface area contributed by atoms with Gasteiger partial charge in [-0.3, -0.25) is 0 Å². The molecule has 0 spiro atoms. The summed E-state index contributed by atoms with van der Waals surface area (Å²) in [7, 11) is -0.166. The van der Waals surface area contributed by atoms with Crippen molar-refractivity contribution in [2.24, 2.45) is 17.3 Å². The van der Waals surface area contributed by atoms with Crippen molar-refractivity contribution in [1.29, 1.82) is 0 Å². The van der Waals surface area contributed by atoms with Crippen LogP contribution in [0, 0.1) is 24.2 Å². The highest BCUT2D eigenvalue weighted by Gasteiger charge is 2.70. The Labute approximate surface area is 178 Å². The fourth-order valence-corrected chi connectivity index (χ4v) is 6.85. The second-order valence-corrected chi connectivity index (χ2v) is 11.4. The first-order chi connectivity index (χ1) is 14.0. The van der Waals surface area contributed by atoms with E-state index in [0.717, 1.165) is 29.9 Å². The molecule has 30 heavy (non-hydrogen) atoms. The van der Waals surface area contributed by atoms with Gasteiger partial charge in [0.05, 0.1) is 11.7 Å². The molecule has 0 radical (unpaired) electrons. The van der Waals surface area contributed by atoms with Crippen molar-refractivity contribution < 1.29 is 23.6 Å². The van der Waals surface area contributed by atoms with E-state index in [0.29, 0.717) is 28.5 Å². The number of rotatable bonds is 2. The summed E-state index contributed by atoms with van der Waals surface area (Å²) < 4.78 is 24.8. The van der Waals surface area contributed by atoms with Crippen LogP contribution >= 0.6 is 0 Å². The molecular formula is C24H31BO5. The predicted molar refractivity (Wildman–Crippen MR) is 113 cm³/mol. The van der Waals surface area contributed by atoms with Gasteiger partial charge in [-0.1, -0.05) is 26.0 Å². The summed E-state index contributed by atoms with van der Waals surface area (Å²) in [6, 6.07) is 4.11. The minimum atomic E-state index is -0.952. The Balaban J connectivity index is 1.27. The van der Waals surface area contributed by atoms with Gasteiger partial charge in [0.15, 0.2) is 0 Å². The van der Waals surface area contributed by atoms with Crippen molar-refractivity contribution in [1.82, 2.24) is 0 Å². The van der Waals surface area contributed by atoms with E-state index in [1.54, 1.807) is 13.8 Å². The van der Waals surface area contributed by atoms with E-state index < -0.39 is 5.79 Å². The Morgan fingerprint density at radius 2 is 1.80 bits per heavy atom. The van der Waals surface area contributed by atoms with E-state index in [9.17, 15) is 4.79 Å². The highest BCUT2D eigenvalue weighted by molar-refractivity contribution is 6.49. The second kappa shape index (κ2) is 5.63. The molecule has 0 aromatic heterocycles. The van der Waals surface area contributed by atoms with Gasteiger partial charge >= 0.3 is 13.1 Å². The zero-order valence-corrected chi connectivity index (χ0v) is 18.8. The molecule has 1 aromatic carbocycles. The summed E-state index contributed by atoms with van der Waals surface area (Å²) in [6.45, 7) is 12.5. The topological polar surface area (TPSA) is 54.0 Å². The Morgan fingerprint density at radius 1 is 1.03 bits per heavy atom. The zero-order chi connectivity index (χ0) is 21.2. The van der Waals surface area contributed by atoms with Gasteiger partial charge in [0, 0.05) is 19.7 Å². The highest BCUT2D eigenvalue weighted by Crippen LogP contribution is 2.68. The summed E-state index contributed by atoms with van der Waals surface area (Å²) in [5.41, 5.74) is 2.71. The van der Waals surface area contributed by atoms with Crippen LogP contribution in [0.2, 0.25) is 5.82 Å². The standard InChI is InChI=1S/C24H31BO5/c1-12-7-8-14(20-19(12)21(26)28-23(4,5)27-20)15-11-16(15)25-29-18-10-13-9-17(22(13,2)3)24(18,6)30-25/h7-8,13,15-18H,9-11H2,1-6H3/t13?,15-,16-,17+,18?,24+/m1/s1. The third-order valence-corrected chi connectivity index (χ3v) is 8.84. The predicted octanol–water partition coefficient (Wildman–Crippen LogP) is 4.87. The van der Waals surface area contributed by atoms with Crippen molar-refractivity contribution >= 4 is 13.1 Å². The maximum absolute atomic E-state index is 12.6. The lowest BCUT2D eigenvalue weighted by Gasteiger charge is -2.64. The Hall–Kier alpha value is -1.53. The fourth-order valence-electron chi connectivity index (χ4n) is 6.85. The molecule has 2 bridgehead atoms. The van der Waals surface area contributed by atoms with Gasteiger partial charge in [0.2, 0.25) is 5.79 Å². The van der Waals surface area contributed by atoms with Crippen LogP contribution in [0.1, 0.15) is 81.3 Å². The fraction of sp³-hybridized carbons (Fsp3) is 0.708. The molecule has 6 aliphatic rings. The number of carbonyl (C=O) groups excluding carboxylic acids is 1. The number of hydrogen-bond donors (Lipinski definition) is 0. The number of cyclic esters (lactones) is 1. The molecule has 1 saturated heterocycles. The summed E-state index contributed by atoms with van der Waals surface area (Å²) in [6.07, 6.45) is 3.58. The number of fused-ring (bicyclic) bond motifs is 1. The average molecular weight is 410 g/mol. The van der Waals surface area contributed by atoms with Gasteiger partial charge in [-0.2, -0.15) is 0 Å². The van der Waals surface area contributed by atoms with Gasteiger partial charge in [-0.05, 0) is 67.4 Å². The van der Waals surface area contributed by atoms with Gasteiger partial charge in [0.1, 0.15) is 11.3 Å². The molecule has 5 nitrogen and oxygen atoms in total. The number of esters is 1. The maximum Gasteiger partial charge on any atom is 0.461 e. The molecule has 2 heterocycles. The van der Waals surface area contributed by atoms with Gasteiger partial charge < -0.3 is 18.8 Å². The lowest BCUT2D eigenvalue weighted by molar-refractivity contribution is -0.199. The van der Waals surface area contributed by atoms with Crippen molar-refractivity contribution in [2.75, 3.05) is 0 Å². The number of aryl methyl sites for hydroxylation is 1. The van der Waals surface area contributed by atoms with Crippen LogP contribution in [0.3, 0.4) is 0 Å². The van der Waals surface area contributed by atoms with Gasteiger partial charge in [0.25, 0.3) is 0 Å². The normalized spacial score (nSPS) is 41.9. The van der Waals surface area contributed by atoms with E-state index in [-0.39, 0.29) is 30.7 Å². The smallest absolute Gasteiger partial charge is 0.452 e. The Morgan fingerprint density at radius 3 is 2.53 bits per heavy atom. The third kappa shape index (κ3) is 2.41. The largest absolute Gasteiger partial charge is 0.461 e. The van der Waals surface area contributed by atoms with Crippen molar-refractivity contribution in [3.8, 4) is 5.75 Å². The molecule has 6 heteroatoms. The Bertz CT molecular complexity index is 955. The van der Waals surface area contributed by atoms with Crippen LogP contribution < -0.4 is 4.74 Å². The van der Waals surface area contributed by atoms with E-state index >= 15 is 0 Å². The lowest BCUT2D eigenvalue weighted by atomic mass is 9.43. The number of ether oxygens (including phenoxy) is 2. The highest BCUT2D eigenvalue weighted by atomic mass is 16.7. The van der Waals surface area contributed by atoms with Crippen LogP contribution in [0.25, 0.3) is 0 Å². The minimum Gasteiger partial charge on any atom is -0.452 e. The Kier molecular flexibility index (Phi) is 3.60. The zero-order valence-electron chi connectivity index (χ0n) is 18.8. The van der Waals surface area contributed by atoms with Crippen LogP contribution in [0.15, 0.2) is 12.1 Å². The summed E-state index contributed by atoms with van der Waals surface area (Å²) >= 11 is 0. The van der Waals surface area contributed by atoms with Crippen LogP contribution in [-0.4, -0.2) is 30.6 Å². The average Bonchev–Trinajstić information content (AvgIpc) is 3.33. The van der Waals surface area contributed by atoms with Crippen LogP contribution in [-0.2, 0) is 14.0 Å². The molecule has 160 valence electrons. The molecule has 1 aromatic rings. The molecule has 0 amide bonds.